The number of carbonyl (C=O) groups is 2. The van der Waals surface area contributed by atoms with Crippen LogP contribution < -0.4 is 5.32 Å². The molecule has 1 aliphatic rings. The smallest absolute Gasteiger partial charge is 0.323 e. The third kappa shape index (κ3) is 4.41. The lowest BCUT2D eigenvalue weighted by molar-refractivity contribution is -0.148. The van der Waals surface area contributed by atoms with Gasteiger partial charge in [0.2, 0.25) is 5.91 Å². The molecule has 1 unspecified atom stereocenters. The van der Waals surface area contributed by atoms with Crippen molar-refractivity contribution in [3.63, 3.8) is 0 Å². The number of fused-ring (bicyclic) bond motifs is 1. The third-order valence-corrected chi connectivity index (χ3v) is 6.26. The molecule has 1 atom stereocenters. The fourth-order valence-corrected chi connectivity index (χ4v) is 4.35. The van der Waals surface area contributed by atoms with Gasteiger partial charge in [-0.25, -0.2) is 0 Å². The summed E-state index contributed by atoms with van der Waals surface area (Å²) in [7, 11) is 1.35. The number of ether oxygens (including phenoxy) is 1. The van der Waals surface area contributed by atoms with E-state index in [1.54, 1.807) is 12.3 Å². The first-order valence-corrected chi connectivity index (χ1v) is 10.7. The zero-order valence-electron chi connectivity index (χ0n) is 18.9. The van der Waals surface area contributed by atoms with Crippen LogP contribution in [-0.2, 0) is 33.8 Å². The van der Waals surface area contributed by atoms with Crippen molar-refractivity contribution in [2.24, 2.45) is 0 Å². The summed E-state index contributed by atoms with van der Waals surface area (Å²) in [6.07, 6.45) is 2.07. The fourth-order valence-electron chi connectivity index (χ4n) is 4.35. The molecule has 3 aromatic rings. The lowest BCUT2D eigenvalue weighted by Crippen LogP contribution is -2.49. The number of nitrogens with zero attached hydrogens (tertiary/aromatic N) is 3. The SMILES string of the molecule is COC(=O)C1Cc2ccccc2CN1CC(=O)Nc1c(C#N)c(C)c(C)n1Cc1ccco1. The predicted molar refractivity (Wildman–Crippen MR) is 121 cm³/mol. The summed E-state index contributed by atoms with van der Waals surface area (Å²) in [4.78, 5) is 27.4. The number of anilines is 1. The number of furan rings is 1. The van der Waals surface area contributed by atoms with Gasteiger partial charge in [0.15, 0.2) is 0 Å². The van der Waals surface area contributed by atoms with Crippen molar-refractivity contribution in [1.82, 2.24) is 9.47 Å². The number of carbonyl (C=O) groups excluding carboxylic acids is 2. The van der Waals surface area contributed by atoms with E-state index in [1.165, 1.54) is 7.11 Å². The van der Waals surface area contributed by atoms with Crippen molar-refractivity contribution in [3.8, 4) is 6.07 Å². The standard InChI is InChI=1S/C25H26N4O4/c1-16-17(2)29(14-20-9-6-10-33-20)24(21(16)12-26)27-23(30)15-28-13-19-8-5-4-7-18(19)11-22(28)25(31)32-3/h4-10,22H,11,13-15H2,1-3H3,(H,27,30). The van der Waals surface area contributed by atoms with E-state index in [0.29, 0.717) is 36.7 Å². The lowest BCUT2D eigenvalue weighted by atomic mass is 9.94. The maximum atomic E-state index is 13.1. The summed E-state index contributed by atoms with van der Waals surface area (Å²) in [5.74, 6) is 0.466. The molecule has 0 bridgehead atoms. The van der Waals surface area contributed by atoms with Gasteiger partial charge in [0.25, 0.3) is 0 Å². The van der Waals surface area contributed by atoms with E-state index >= 15 is 0 Å². The highest BCUT2D eigenvalue weighted by Crippen LogP contribution is 2.28. The minimum absolute atomic E-state index is 0.0109. The molecule has 170 valence electrons. The second kappa shape index (κ2) is 9.35. The molecule has 1 aromatic carbocycles. The van der Waals surface area contributed by atoms with Gasteiger partial charge < -0.3 is 19.0 Å². The Hall–Kier alpha value is -3.83. The molecule has 0 saturated heterocycles. The van der Waals surface area contributed by atoms with Gasteiger partial charge in [0.05, 0.1) is 32.0 Å². The van der Waals surface area contributed by atoms with Crippen LogP contribution in [0.3, 0.4) is 0 Å². The Bertz CT molecular complexity index is 1220. The molecule has 8 heteroatoms. The molecular weight excluding hydrogens is 420 g/mol. The lowest BCUT2D eigenvalue weighted by Gasteiger charge is -2.34. The number of nitriles is 1. The molecule has 4 rings (SSSR count). The summed E-state index contributed by atoms with van der Waals surface area (Å²) in [5.41, 5.74) is 4.25. The molecule has 0 saturated carbocycles. The number of hydrogen-bond donors (Lipinski definition) is 1. The molecule has 3 heterocycles. The van der Waals surface area contributed by atoms with Crippen LogP contribution in [0.1, 0.15) is 33.7 Å². The molecule has 1 aliphatic heterocycles. The number of benzene rings is 1. The normalized spacial score (nSPS) is 15.5. The van der Waals surface area contributed by atoms with E-state index in [1.807, 2.05) is 53.6 Å². The molecule has 0 fully saturated rings. The first-order valence-electron chi connectivity index (χ1n) is 10.7. The first-order chi connectivity index (χ1) is 15.9. The Morgan fingerprint density at radius 3 is 2.64 bits per heavy atom. The van der Waals surface area contributed by atoms with Gasteiger partial charge in [-0.05, 0) is 49.1 Å². The van der Waals surface area contributed by atoms with Crippen LogP contribution in [0.15, 0.2) is 47.1 Å². The van der Waals surface area contributed by atoms with Crippen molar-refractivity contribution in [2.75, 3.05) is 19.0 Å². The molecule has 1 N–H and O–H groups in total. The van der Waals surface area contributed by atoms with Gasteiger partial charge in [-0.3, -0.25) is 14.5 Å². The number of nitrogens with one attached hydrogen (secondary N) is 1. The maximum Gasteiger partial charge on any atom is 0.323 e. The molecule has 33 heavy (non-hydrogen) atoms. The van der Waals surface area contributed by atoms with Gasteiger partial charge in [-0.15, -0.1) is 0 Å². The highest BCUT2D eigenvalue weighted by atomic mass is 16.5. The molecule has 1 amide bonds. The minimum Gasteiger partial charge on any atom is -0.468 e. The fraction of sp³-hybridized carbons (Fsp3) is 0.320. The maximum absolute atomic E-state index is 13.1. The van der Waals surface area contributed by atoms with E-state index in [0.717, 1.165) is 22.4 Å². The second-order valence-corrected chi connectivity index (χ2v) is 8.18. The van der Waals surface area contributed by atoms with Crippen LogP contribution in [-0.4, -0.2) is 41.0 Å². The highest BCUT2D eigenvalue weighted by molar-refractivity contribution is 5.93. The zero-order valence-corrected chi connectivity index (χ0v) is 18.9. The number of methoxy groups -OCH3 is 1. The van der Waals surface area contributed by atoms with Gasteiger partial charge in [0.1, 0.15) is 23.7 Å². The van der Waals surface area contributed by atoms with Crippen LogP contribution in [0.4, 0.5) is 5.82 Å². The minimum atomic E-state index is -0.551. The molecule has 8 nitrogen and oxygen atoms in total. The van der Waals surface area contributed by atoms with Crippen molar-refractivity contribution in [3.05, 3.63) is 76.4 Å². The molecule has 2 aromatic heterocycles. The Kier molecular flexibility index (Phi) is 6.33. The Morgan fingerprint density at radius 1 is 1.21 bits per heavy atom. The monoisotopic (exact) mass is 446 g/mol. The van der Waals surface area contributed by atoms with E-state index < -0.39 is 6.04 Å². The Morgan fingerprint density at radius 2 is 1.97 bits per heavy atom. The number of amides is 1. The van der Waals surface area contributed by atoms with Crippen LogP contribution in [0, 0.1) is 25.2 Å². The number of esters is 1. The highest BCUT2D eigenvalue weighted by Gasteiger charge is 2.33. The number of rotatable bonds is 6. The number of aromatic nitrogens is 1. The van der Waals surface area contributed by atoms with Crippen molar-refractivity contribution < 1.29 is 18.7 Å². The van der Waals surface area contributed by atoms with Crippen molar-refractivity contribution >= 4 is 17.7 Å². The largest absolute Gasteiger partial charge is 0.468 e. The summed E-state index contributed by atoms with van der Waals surface area (Å²) in [6, 6.07) is 13.2. The van der Waals surface area contributed by atoms with E-state index in [-0.39, 0.29) is 18.4 Å². The summed E-state index contributed by atoms with van der Waals surface area (Å²) >= 11 is 0. The van der Waals surface area contributed by atoms with Crippen LogP contribution in [0.25, 0.3) is 0 Å². The first kappa shape index (κ1) is 22.4. The van der Waals surface area contributed by atoms with Crippen LogP contribution >= 0.6 is 0 Å². The predicted octanol–water partition coefficient (Wildman–Crippen LogP) is 3.16. The molecule has 0 spiro atoms. The van der Waals surface area contributed by atoms with Gasteiger partial charge in [-0.2, -0.15) is 5.26 Å². The van der Waals surface area contributed by atoms with Crippen molar-refractivity contribution in [2.45, 2.75) is 39.4 Å². The van der Waals surface area contributed by atoms with Crippen molar-refractivity contribution in [1.29, 1.82) is 5.26 Å². The summed E-state index contributed by atoms with van der Waals surface area (Å²) < 4.78 is 12.3. The van der Waals surface area contributed by atoms with E-state index in [2.05, 4.69) is 11.4 Å². The summed E-state index contributed by atoms with van der Waals surface area (Å²) in [6.45, 7) is 4.60. The van der Waals surface area contributed by atoms with Gasteiger partial charge >= 0.3 is 5.97 Å². The van der Waals surface area contributed by atoms with Crippen LogP contribution in [0.5, 0.6) is 0 Å². The van der Waals surface area contributed by atoms with E-state index in [4.69, 9.17) is 9.15 Å². The molecular formula is C25H26N4O4. The van der Waals surface area contributed by atoms with Crippen LogP contribution in [0.2, 0.25) is 0 Å². The van der Waals surface area contributed by atoms with Gasteiger partial charge in [-0.1, -0.05) is 24.3 Å². The Balaban J connectivity index is 1.59. The third-order valence-electron chi connectivity index (χ3n) is 6.26. The molecule has 0 aliphatic carbocycles. The topological polar surface area (TPSA) is 101 Å². The zero-order chi connectivity index (χ0) is 23.5. The average molecular weight is 447 g/mol. The molecule has 0 radical (unpaired) electrons. The van der Waals surface area contributed by atoms with Gasteiger partial charge in [0, 0.05) is 12.2 Å². The quantitative estimate of drug-likeness (QED) is 0.584. The Labute approximate surface area is 192 Å². The summed E-state index contributed by atoms with van der Waals surface area (Å²) in [5, 5.41) is 12.7. The second-order valence-electron chi connectivity index (χ2n) is 8.18. The average Bonchev–Trinajstić information content (AvgIpc) is 3.41. The van der Waals surface area contributed by atoms with E-state index in [9.17, 15) is 14.9 Å². The number of hydrogen-bond acceptors (Lipinski definition) is 6.